The molecule has 0 radical (unpaired) electrons. The van der Waals surface area contributed by atoms with Gasteiger partial charge in [-0.3, -0.25) is 0 Å². The summed E-state index contributed by atoms with van der Waals surface area (Å²) in [5, 5.41) is 1.79. The Balaban J connectivity index is 1.06. The minimum atomic E-state index is -0.693. The van der Waals surface area contributed by atoms with E-state index in [1.165, 1.54) is 5.56 Å². The number of hydrogen-bond donors (Lipinski definition) is 0. The average Bonchev–Trinajstić information content (AvgIpc) is 1.04. The first kappa shape index (κ1) is 45.6. The van der Waals surface area contributed by atoms with Gasteiger partial charge in [0, 0.05) is 66.8 Å². The van der Waals surface area contributed by atoms with Crippen molar-refractivity contribution in [3.05, 3.63) is 332 Å². The van der Waals surface area contributed by atoms with Gasteiger partial charge < -0.3 is 18.9 Å². The molecule has 5 heteroatoms. The van der Waals surface area contributed by atoms with E-state index in [-0.39, 0.29) is 50.3 Å². The standard InChI is InChI=1S/C92H71BN4/c1-91(2,3)68-48-45-61(46-49-68)66-55-84-88(76-39-21-24-44-81(76)94(84)70-35-17-10-18-36-70)85(56-66)96-82-54-65(60-27-11-7-12-28-60)47-51-77(82)93-78-52-50-71(95-79-42-22-19-37-74(79)75-38-20-23-43-80(75)95)59-83(78)97(87-58-67(57-86(96)89(87)93)64-33-25-34-69(53-64)92(4,5)6)90-72(62-29-13-8-14-30-62)40-26-41-73(90)63-31-15-9-16-32-63/h7-59H,1-6H3/i7D,11D,12D,19D,20D,22D,23D,27D,28D,37D,38D,42D,43D. The van der Waals surface area contributed by atoms with Crippen LogP contribution in [0.5, 0.6) is 0 Å². The van der Waals surface area contributed by atoms with Crippen LogP contribution in [-0.2, 0) is 10.8 Å². The fourth-order valence-electron chi connectivity index (χ4n) is 15.1. The van der Waals surface area contributed by atoms with Crippen LogP contribution in [0.15, 0.2) is 321 Å². The summed E-state index contributed by atoms with van der Waals surface area (Å²) >= 11 is 0. The van der Waals surface area contributed by atoms with E-state index in [4.69, 9.17) is 6.85 Å². The number of para-hydroxylation sites is 5. The summed E-state index contributed by atoms with van der Waals surface area (Å²) in [7, 11) is 0. The van der Waals surface area contributed by atoms with Gasteiger partial charge in [-0.25, -0.2) is 0 Å². The zero-order chi connectivity index (χ0) is 76.6. The van der Waals surface area contributed by atoms with Crippen molar-refractivity contribution in [3.63, 3.8) is 0 Å². The van der Waals surface area contributed by atoms with Crippen molar-refractivity contribution in [2.24, 2.45) is 0 Å². The SMILES string of the molecule is [2H]c1c([2H])c([2H])c(-c2ccc3c(c2)N(c2cc(-c4ccc(C(C)(C)C)cc4)cc4c2c2ccccc2n4-c2ccccc2)c2cc(-c4cccc(C(C)(C)C)c4)cc4c2B3c2ccc(-n3c5c([2H])c([2H])c([2H])c([2H])c5c5c([2H])c([2H])c([2H])c([2H])c53)cc2N4c2c(-c3ccccc3)cccc2-c2ccccc2)c([2H])c1[2H]. The summed E-state index contributed by atoms with van der Waals surface area (Å²) in [6.45, 7) is 12.6. The van der Waals surface area contributed by atoms with Crippen LogP contribution in [0.3, 0.4) is 0 Å². The largest absolute Gasteiger partial charge is 0.311 e. The fraction of sp³-hybridized carbons (Fsp3) is 0.0870. The van der Waals surface area contributed by atoms with Crippen LogP contribution in [0.25, 0.3) is 111 Å². The molecule has 2 aliphatic heterocycles. The Kier molecular flexibility index (Phi) is 10.6. The van der Waals surface area contributed by atoms with Crippen LogP contribution < -0.4 is 26.2 Å². The molecule has 16 aromatic rings. The van der Waals surface area contributed by atoms with Gasteiger partial charge in [0.2, 0.25) is 0 Å². The minimum Gasteiger partial charge on any atom is -0.311 e. The Morgan fingerprint density at radius 1 is 0.299 bits per heavy atom. The number of nitrogens with zero attached hydrogens (tertiary/aromatic N) is 4. The lowest BCUT2D eigenvalue weighted by atomic mass is 9.33. The molecule has 0 bridgehead atoms. The molecule has 0 fully saturated rings. The first-order valence-corrected chi connectivity index (χ1v) is 33.0. The van der Waals surface area contributed by atoms with Crippen LogP contribution in [0.2, 0.25) is 0 Å². The van der Waals surface area contributed by atoms with Crippen molar-refractivity contribution >= 4 is 101 Å². The number of anilines is 6. The Morgan fingerprint density at radius 3 is 1.46 bits per heavy atom. The molecule has 0 saturated heterocycles. The zero-order valence-electron chi connectivity index (χ0n) is 67.5. The van der Waals surface area contributed by atoms with Crippen LogP contribution in [0, 0.1) is 0 Å². The summed E-state index contributed by atoms with van der Waals surface area (Å²) in [5.74, 6) is 0. The molecule has 0 spiro atoms. The van der Waals surface area contributed by atoms with Crippen molar-refractivity contribution in [1.82, 2.24) is 9.13 Å². The Labute approximate surface area is 586 Å². The summed E-state index contributed by atoms with van der Waals surface area (Å²) in [5.41, 5.74) is 19.5. The highest BCUT2D eigenvalue weighted by molar-refractivity contribution is 7.00. The van der Waals surface area contributed by atoms with E-state index >= 15 is 0 Å². The minimum absolute atomic E-state index is 0.0233. The molecule has 14 aromatic carbocycles. The molecule has 18 rings (SSSR count). The average molecular weight is 1260 g/mol. The van der Waals surface area contributed by atoms with Crippen LogP contribution in [-0.4, -0.2) is 15.8 Å². The molecule has 0 saturated carbocycles. The third-order valence-corrected chi connectivity index (χ3v) is 19.7. The van der Waals surface area contributed by atoms with E-state index < -0.39 is 73.2 Å². The molecule has 462 valence electrons. The molecule has 97 heavy (non-hydrogen) atoms. The van der Waals surface area contributed by atoms with Crippen LogP contribution >= 0.6 is 0 Å². The molecule has 0 amide bonds. The number of rotatable bonds is 9. The van der Waals surface area contributed by atoms with Gasteiger partial charge in [-0.05, 0) is 156 Å². The second kappa shape index (κ2) is 22.5. The van der Waals surface area contributed by atoms with E-state index in [2.05, 4.69) is 220 Å². The second-order valence-corrected chi connectivity index (χ2v) is 27.5. The maximum absolute atomic E-state index is 9.80. The van der Waals surface area contributed by atoms with Gasteiger partial charge in [-0.15, -0.1) is 0 Å². The van der Waals surface area contributed by atoms with Gasteiger partial charge in [0.25, 0.3) is 6.71 Å². The molecular weight excluding hydrogens is 1170 g/mol. The summed E-state index contributed by atoms with van der Waals surface area (Å²) in [6, 6.07) is 78.1. The highest BCUT2D eigenvalue weighted by Crippen LogP contribution is 2.54. The van der Waals surface area contributed by atoms with Gasteiger partial charge in [0.05, 0.1) is 51.3 Å². The summed E-state index contributed by atoms with van der Waals surface area (Å²) in [6.07, 6.45) is 0. The smallest absolute Gasteiger partial charge is 0.252 e. The second-order valence-electron chi connectivity index (χ2n) is 27.5. The van der Waals surface area contributed by atoms with Gasteiger partial charge in [0.1, 0.15) is 0 Å². The summed E-state index contributed by atoms with van der Waals surface area (Å²) < 4.78 is 126. The van der Waals surface area contributed by atoms with E-state index in [0.717, 1.165) is 117 Å². The van der Waals surface area contributed by atoms with Crippen LogP contribution in [0.1, 0.15) is 70.5 Å². The molecule has 0 unspecified atom stereocenters. The van der Waals surface area contributed by atoms with E-state index in [9.17, 15) is 11.0 Å². The zero-order valence-corrected chi connectivity index (χ0v) is 54.5. The van der Waals surface area contributed by atoms with Crippen LogP contribution in [0.4, 0.5) is 34.1 Å². The monoisotopic (exact) mass is 1260 g/mol. The molecule has 4 heterocycles. The quantitative estimate of drug-likeness (QED) is 0.134. The Hall–Kier alpha value is -11.7. The van der Waals surface area contributed by atoms with E-state index in [0.29, 0.717) is 22.6 Å². The van der Waals surface area contributed by atoms with Gasteiger partial charge in [-0.2, -0.15) is 0 Å². The van der Waals surface area contributed by atoms with Gasteiger partial charge in [0.15, 0.2) is 0 Å². The predicted molar refractivity (Wildman–Crippen MR) is 414 cm³/mol. The lowest BCUT2D eigenvalue weighted by Gasteiger charge is -2.45. The Bertz CT molecular complexity index is 6440. The highest BCUT2D eigenvalue weighted by atomic mass is 15.2. The molecule has 2 aliphatic rings. The van der Waals surface area contributed by atoms with Gasteiger partial charge >= 0.3 is 0 Å². The third kappa shape index (κ3) is 9.50. The first-order valence-electron chi connectivity index (χ1n) is 39.5. The number of hydrogen-bond acceptors (Lipinski definition) is 2. The molecule has 2 aromatic heterocycles. The van der Waals surface area contributed by atoms with Crippen molar-refractivity contribution < 1.29 is 17.8 Å². The summed E-state index contributed by atoms with van der Waals surface area (Å²) in [4.78, 5) is 4.69. The Morgan fingerprint density at radius 2 is 0.804 bits per heavy atom. The molecule has 4 nitrogen and oxygen atoms in total. The van der Waals surface area contributed by atoms with Gasteiger partial charge in [-0.1, -0.05) is 290 Å². The number of aromatic nitrogens is 2. The molecule has 0 atom stereocenters. The number of benzene rings is 14. The van der Waals surface area contributed by atoms with Crippen molar-refractivity contribution in [3.8, 4) is 67.0 Å². The fourth-order valence-corrected chi connectivity index (χ4v) is 15.1. The third-order valence-electron chi connectivity index (χ3n) is 19.7. The van der Waals surface area contributed by atoms with Crippen molar-refractivity contribution in [1.29, 1.82) is 0 Å². The molecule has 0 N–H and O–H groups in total. The normalized spacial score (nSPS) is 14.7. The highest BCUT2D eigenvalue weighted by Gasteiger charge is 2.46. The maximum atomic E-state index is 9.80. The molecular formula is C92H71BN4. The van der Waals surface area contributed by atoms with Crippen molar-refractivity contribution in [2.75, 3.05) is 9.80 Å². The topological polar surface area (TPSA) is 16.3 Å². The van der Waals surface area contributed by atoms with Crippen molar-refractivity contribution in [2.45, 2.75) is 52.4 Å². The lowest BCUT2D eigenvalue weighted by molar-refractivity contribution is 0.590. The lowest BCUT2D eigenvalue weighted by Crippen LogP contribution is -2.61. The maximum Gasteiger partial charge on any atom is 0.252 e. The molecule has 0 aliphatic carbocycles. The van der Waals surface area contributed by atoms with E-state index in [1.807, 2.05) is 78.9 Å². The number of fused-ring (bicyclic) bond motifs is 10. The first-order chi connectivity index (χ1) is 52.8. The van der Waals surface area contributed by atoms with E-state index in [1.54, 1.807) is 4.57 Å². The predicted octanol–water partition coefficient (Wildman–Crippen LogP) is 22.9.